The van der Waals surface area contributed by atoms with E-state index in [0.29, 0.717) is 49.0 Å². The molecule has 2 bridgehead atoms. The maximum Gasteiger partial charge on any atom is 0.312 e. The number of nitrogens with one attached hydrogen (secondary N) is 6. The second kappa shape index (κ2) is 33.7. The Labute approximate surface area is 513 Å². The number of ether oxygens (including phenoxy) is 3. The number of likely N-dealkylation sites (N-methyl/N-ethyl adjacent to an activating group) is 2. The molecule has 1 aliphatic carbocycles. The highest BCUT2D eigenvalue weighted by Gasteiger charge is 2.53. The summed E-state index contributed by atoms with van der Waals surface area (Å²) in [7, 11) is 6.76. The number of carbonyl (C=O) groups excluding carboxylic acids is 10. The summed E-state index contributed by atoms with van der Waals surface area (Å²) < 4.78 is 17.6. The molecule has 0 aromatic heterocycles. The number of rotatable bonds is 35. The number of primary amides is 1. The number of methoxy groups -OCH3 is 2. The monoisotopic (exact) mass is 1220 g/mol. The fourth-order valence-electron chi connectivity index (χ4n) is 13.0. The second-order valence-corrected chi connectivity index (χ2v) is 24.7. The van der Waals surface area contributed by atoms with E-state index in [-0.39, 0.29) is 99.9 Å². The fraction of sp³-hybridized carbons (Fsp3) is 0.710. The van der Waals surface area contributed by atoms with Gasteiger partial charge in [0.15, 0.2) is 0 Å². The van der Waals surface area contributed by atoms with Crippen LogP contribution in [-0.4, -0.2) is 212 Å². The van der Waals surface area contributed by atoms with Crippen molar-refractivity contribution in [1.82, 2.24) is 46.2 Å². The maximum absolute atomic E-state index is 14.6. The van der Waals surface area contributed by atoms with Crippen LogP contribution in [-0.2, 0) is 63.8 Å². The summed E-state index contributed by atoms with van der Waals surface area (Å²) >= 11 is 0. The molecule has 4 aliphatic rings. The molecule has 25 nitrogen and oxygen atoms in total. The number of imide groups is 1. The minimum atomic E-state index is -1.14. The summed E-state index contributed by atoms with van der Waals surface area (Å²) in [5.74, 6) is -4.50. The number of piperidine rings is 1. The summed E-state index contributed by atoms with van der Waals surface area (Å²) in [6, 6.07) is 1.30. The molecule has 3 aliphatic heterocycles. The van der Waals surface area contributed by atoms with Gasteiger partial charge in [0, 0.05) is 64.7 Å². The minimum Gasteiger partial charge on any atom is -0.394 e. The van der Waals surface area contributed by atoms with E-state index in [1.807, 2.05) is 34.7 Å². The lowest BCUT2D eigenvalue weighted by Gasteiger charge is -2.41. The number of benzene rings is 1. The number of urea groups is 1. The number of aliphatic hydroxyl groups is 1. The molecule has 5 rings (SSSR count). The highest BCUT2D eigenvalue weighted by molar-refractivity contribution is 6.12. The van der Waals surface area contributed by atoms with Gasteiger partial charge in [-0.05, 0) is 99.3 Å². The molecule has 0 radical (unpaired) electrons. The molecular formula is C62H99N11O14. The topological polar surface area (TPSA) is 330 Å². The quantitative estimate of drug-likeness (QED) is 0.0355. The van der Waals surface area contributed by atoms with E-state index in [2.05, 4.69) is 43.7 Å². The first-order valence-electron chi connectivity index (χ1n) is 31.0. The van der Waals surface area contributed by atoms with Crippen molar-refractivity contribution in [3.05, 3.63) is 42.0 Å². The van der Waals surface area contributed by atoms with Gasteiger partial charge < -0.3 is 66.8 Å². The molecule has 25 heteroatoms. The Balaban J connectivity index is 1.19. The Morgan fingerprint density at radius 3 is 2.14 bits per heavy atom. The molecule has 1 aromatic rings. The summed E-state index contributed by atoms with van der Waals surface area (Å²) in [5.41, 5.74) is 6.24. The van der Waals surface area contributed by atoms with Gasteiger partial charge in [-0.15, -0.1) is 0 Å². The summed E-state index contributed by atoms with van der Waals surface area (Å²) in [4.78, 5) is 140. The molecule has 3 heterocycles. The van der Waals surface area contributed by atoms with Crippen LogP contribution < -0.4 is 37.6 Å². The van der Waals surface area contributed by atoms with Gasteiger partial charge in [-0.2, -0.15) is 0 Å². The van der Waals surface area contributed by atoms with Crippen molar-refractivity contribution in [1.29, 1.82) is 0 Å². The van der Waals surface area contributed by atoms with Crippen LogP contribution in [0.4, 0.5) is 10.5 Å². The van der Waals surface area contributed by atoms with Crippen LogP contribution in [0, 0.1) is 35.5 Å². The first kappa shape index (κ1) is 71.2. The number of carbonyl (C=O) groups is 10. The van der Waals surface area contributed by atoms with Gasteiger partial charge in [-0.1, -0.05) is 73.9 Å². The molecular weight excluding hydrogens is 1120 g/mol. The third-order valence-corrected chi connectivity index (χ3v) is 18.1. The fourth-order valence-corrected chi connectivity index (χ4v) is 13.0. The molecule has 1 aromatic carbocycles. The average molecular weight is 1220 g/mol. The lowest BCUT2D eigenvalue weighted by molar-refractivity contribution is -0.148. The van der Waals surface area contributed by atoms with E-state index in [0.717, 1.165) is 29.9 Å². The highest BCUT2D eigenvalue weighted by Crippen LogP contribution is 2.46. The van der Waals surface area contributed by atoms with Crippen molar-refractivity contribution in [2.45, 2.75) is 180 Å². The second-order valence-electron chi connectivity index (χ2n) is 24.7. The first-order chi connectivity index (χ1) is 41.3. The molecule has 9 N–H and O–H groups in total. The van der Waals surface area contributed by atoms with Crippen molar-refractivity contribution in [2.24, 2.45) is 41.2 Å². The Morgan fingerprint density at radius 1 is 0.851 bits per heavy atom. The molecule has 4 unspecified atom stereocenters. The Kier molecular flexibility index (Phi) is 27.6. The van der Waals surface area contributed by atoms with Crippen molar-refractivity contribution >= 4 is 64.9 Å². The van der Waals surface area contributed by atoms with Crippen LogP contribution in [0.3, 0.4) is 0 Å². The number of anilines is 1. The molecule has 0 spiro atoms. The SMILES string of the molecule is CC[C@H](C)C([C@@H](CC(=O)N1CCC[C@H]1[C@H](OC)[C@@H](C)C(=O)N[C@H](CO)Cc1cccc(NC(=O)[C@H](CCCNC(N)=O)NC(=O)C(NC(=O)CCOCCN2C(=O)C=CC2=O)C(C)C)c1)OC)N(C)C(=O)[C@@H](NC(=O)[C@@H]1C2CCC([C@H]2C)N1C)C(C)C. The van der Waals surface area contributed by atoms with Gasteiger partial charge in [0.1, 0.15) is 18.1 Å². The van der Waals surface area contributed by atoms with E-state index in [9.17, 15) is 53.1 Å². The summed E-state index contributed by atoms with van der Waals surface area (Å²) in [6.45, 7) is 15.3. The van der Waals surface area contributed by atoms with E-state index in [4.69, 9.17) is 19.9 Å². The average Bonchev–Trinajstić information content (AvgIpc) is 1.66. The highest BCUT2D eigenvalue weighted by atomic mass is 16.5. The minimum absolute atomic E-state index is 0.0110. The zero-order chi connectivity index (χ0) is 64.4. The van der Waals surface area contributed by atoms with Crippen LogP contribution in [0.15, 0.2) is 36.4 Å². The van der Waals surface area contributed by atoms with Crippen LogP contribution in [0.25, 0.3) is 0 Å². The number of hydrogen-bond acceptors (Lipinski definition) is 15. The Bertz CT molecular complexity index is 2570. The zero-order valence-electron chi connectivity index (χ0n) is 53.1. The van der Waals surface area contributed by atoms with E-state index in [1.54, 1.807) is 61.9 Å². The zero-order valence-corrected chi connectivity index (χ0v) is 53.1. The van der Waals surface area contributed by atoms with Gasteiger partial charge in [0.05, 0.1) is 75.1 Å². The van der Waals surface area contributed by atoms with Gasteiger partial charge in [0.25, 0.3) is 11.8 Å². The van der Waals surface area contributed by atoms with Crippen molar-refractivity contribution < 1.29 is 67.3 Å². The molecule has 3 fully saturated rings. The third kappa shape index (κ3) is 19.0. The molecule has 87 heavy (non-hydrogen) atoms. The Hall–Kier alpha value is -6.54. The maximum atomic E-state index is 14.6. The molecule has 14 atom stereocenters. The molecule has 2 saturated heterocycles. The van der Waals surface area contributed by atoms with Crippen LogP contribution >= 0.6 is 0 Å². The van der Waals surface area contributed by atoms with Crippen LogP contribution in [0.5, 0.6) is 0 Å². The van der Waals surface area contributed by atoms with Gasteiger partial charge >= 0.3 is 6.03 Å². The van der Waals surface area contributed by atoms with Crippen LogP contribution in [0.1, 0.15) is 119 Å². The van der Waals surface area contributed by atoms with E-state index < -0.39 is 108 Å². The number of nitrogens with zero attached hydrogens (tertiary/aromatic N) is 4. The lowest BCUT2D eigenvalue weighted by Crippen LogP contribution is -2.60. The smallest absolute Gasteiger partial charge is 0.312 e. The van der Waals surface area contributed by atoms with Crippen molar-refractivity contribution in [3.63, 3.8) is 0 Å². The molecule has 486 valence electrons. The predicted molar refractivity (Wildman–Crippen MR) is 325 cm³/mol. The Morgan fingerprint density at radius 2 is 1.54 bits per heavy atom. The summed E-state index contributed by atoms with van der Waals surface area (Å²) in [5, 5.41) is 27.5. The van der Waals surface area contributed by atoms with Gasteiger partial charge in [-0.3, -0.25) is 53.0 Å². The lowest BCUT2D eigenvalue weighted by atomic mass is 9.89. The number of fused-ring (bicyclic) bond motifs is 2. The first-order valence-corrected chi connectivity index (χ1v) is 31.0. The van der Waals surface area contributed by atoms with Crippen molar-refractivity contribution in [3.8, 4) is 0 Å². The normalized spacial score (nSPS) is 22.3. The predicted octanol–water partition coefficient (Wildman–Crippen LogP) is 1.84. The largest absolute Gasteiger partial charge is 0.394 e. The molecule has 1 saturated carbocycles. The number of nitrogens with two attached hydrogens (primary N) is 1. The standard InChI is InChI=1S/C62H99N11O14/c1-13-37(6)54(71(10)61(83)53(36(4)5)69-60(82)55-43-21-22-45(38(43)7)70(55)9)47(85-11)33-51(78)72-27-16-20-46(72)56(86-12)39(8)57(79)66-42(34-74)32-40-17-14-18-41(31-40)65-58(80)44(19-15-26-64-62(63)84)67-59(81)52(35(2)3)68-48(75)25-29-87-30-28-73-49(76)23-24-50(73)77/h14,17-18,23-24,31,35-39,42-47,52-56,74H,13,15-16,19-22,25-30,32-34H2,1-12H3,(H,65,80)(H,66,79)(H,67,81)(H,68,75)(H,69,82)(H3,63,64,84)/t37-,38-,39+,42-,43?,44-,45?,46-,47+,52?,53-,54?,55-,56+/m0/s1. The van der Waals surface area contributed by atoms with E-state index in [1.165, 1.54) is 14.2 Å². The number of hydrogen-bond donors (Lipinski definition) is 8. The van der Waals surface area contributed by atoms with Gasteiger partial charge in [-0.25, -0.2) is 4.79 Å². The number of aliphatic hydroxyl groups excluding tert-OH is 1. The van der Waals surface area contributed by atoms with Crippen molar-refractivity contribution in [2.75, 3.05) is 73.1 Å². The summed E-state index contributed by atoms with van der Waals surface area (Å²) in [6.07, 6.45) is 5.14. The number of likely N-dealkylation sites (tertiary alicyclic amines) is 2. The third-order valence-electron chi connectivity index (χ3n) is 18.1. The number of amides is 11. The van der Waals surface area contributed by atoms with E-state index >= 15 is 0 Å². The molecule has 11 amide bonds. The van der Waals surface area contributed by atoms with Gasteiger partial charge in [0.2, 0.25) is 41.4 Å². The van der Waals surface area contributed by atoms with Crippen LogP contribution in [0.2, 0.25) is 0 Å².